The van der Waals surface area contributed by atoms with E-state index in [2.05, 4.69) is 10.4 Å². The maximum Gasteiger partial charge on any atom is 0.269 e. The number of halogens is 4. The zero-order chi connectivity index (χ0) is 24.8. The Morgan fingerprint density at radius 3 is 2.50 bits per heavy atom. The molecule has 0 saturated heterocycles. The lowest BCUT2D eigenvalue weighted by Gasteiger charge is -2.27. The van der Waals surface area contributed by atoms with Crippen LogP contribution in [0.4, 0.5) is 13.2 Å². The van der Waals surface area contributed by atoms with Gasteiger partial charge in [0.2, 0.25) is 11.8 Å². The van der Waals surface area contributed by atoms with Crippen LogP contribution in [0.3, 0.4) is 0 Å². The Kier molecular flexibility index (Phi) is 8.11. The lowest BCUT2D eigenvalue weighted by atomic mass is 10.2. The van der Waals surface area contributed by atoms with Crippen molar-refractivity contribution in [2.45, 2.75) is 19.1 Å². The first-order chi connectivity index (χ1) is 16.3. The van der Waals surface area contributed by atoms with Gasteiger partial charge in [-0.2, -0.15) is 5.10 Å². The third-order valence-corrected chi connectivity index (χ3v) is 5.41. The number of nitrogens with one attached hydrogen (secondary N) is 1. The minimum Gasteiger partial charge on any atom is -0.364 e. The van der Waals surface area contributed by atoms with Crippen LogP contribution in [0, 0.1) is 5.82 Å². The summed E-state index contributed by atoms with van der Waals surface area (Å²) >= 11 is 5.71. The molecule has 0 aliphatic rings. The highest BCUT2D eigenvalue weighted by atomic mass is 35.5. The maximum atomic E-state index is 14.0. The lowest BCUT2D eigenvalue weighted by Crippen LogP contribution is -2.49. The molecule has 0 bridgehead atoms. The highest BCUT2D eigenvalue weighted by Gasteiger charge is 2.27. The summed E-state index contributed by atoms with van der Waals surface area (Å²) in [5.74, 6) is -3.09. The fourth-order valence-electron chi connectivity index (χ4n) is 3.37. The number of carbonyl (C=O) groups is 3. The van der Waals surface area contributed by atoms with Crippen molar-refractivity contribution in [2.24, 2.45) is 5.73 Å². The fraction of sp³-hybridized carbons (Fsp3) is 0.273. The van der Waals surface area contributed by atoms with E-state index in [0.29, 0.717) is 10.9 Å². The van der Waals surface area contributed by atoms with E-state index in [0.717, 1.165) is 4.90 Å². The van der Waals surface area contributed by atoms with Crippen LogP contribution in [0.2, 0.25) is 5.02 Å². The van der Waals surface area contributed by atoms with E-state index in [1.165, 1.54) is 22.9 Å². The summed E-state index contributed by atoms with van der Waals surface area (Å²) in [5, 5.41) is 6.74. The van der Waals surface area contributed by atoms with Gasteiger partial charge in [-0.25, -0.2) is 13.2 Å². The molecule has 2 aromatic carbocycles. The lowest BCUT2D eigenvalue weighted by molar-refractivity contribution is -0.139. The number of nitrogens with two attached hydrogens (primary N) is 1. The molecule has 3 amide bonds. The molecule has 0 unspecified atom stereocenters. The smallest absolute Gasteiger partial charge is 0.269 e. The Labute approximate surface area is 197 Å². The molecule has 3 rings (SSSR count). The van der Waals surface area contributed by atoms with Gasteiger partial charge in [0.15, 0.2) is 5.69 Å². The Morgan fingerprint density at radius 2 is 1.82 bits per heavy atom. The van der Waals surface area contributed by atoms with E-state index in [1.54, 1.807) is 24.3 Å². The first-order valence-corrected chi connectivity index (χ1v) is 10.5. The van der Waals surface area contributed by atoms with Crippen LogP contribution in [0.25, 0.3) is 10.9 Å². The number of primary amides is 1. The fourth-order valence-corrected chi connectivity index (χ4v) is 3.56. The molecule has 12 heteroatoms. The second-order valence-electron chi connectivity index (χ2n) is 7.36. The molecule has 0 saturated carbocycles. The van der Waals surface area contributed by atoms with Crippen molar-refractivity contribution in [3.8, 4) is 0 Å². The molecule has 0 aliphatic heterocycles. The van der Waals surface area contributed by atoms with E-state index in [9.17, 15) is 27.6 Å². The van der Waals surface area contributed by atoms with Gasteiger partial charge in [-0.05, 0) is 12.1 Å². The number of hydrogen-bond acceptors (Lipinski definition) is 4. The van der Waals surface area contributed by atoms with Crippen LogP contribution in [0.15, 0.2) is 42.5 Å². The van der Waals surface area contributed by atoms with Crippen molar-refractivity contribution >= 4 is 40.2 Å². The van der Waals surface area contributed by atoms with Crippen molar-refractivity contribution in [2.75, 3.05) is 19.9 Å². The van der Waals surface area contributed by atoms with Crippen LogP contribution in [-0.2, 0) is 22.7 Å². The van der Waals surface area contributed by atoms with E-state index in [-0.39, 0.29) is 22.8 Å². The number of nitrogens with zero attached hydrogens (tertiary/aromatic N) is 3. The van der Waals surface area contributed by atoms with Crippen molar-refractivity contribution in [1.29, 1.82) is 0 Å². The first-order valence-electron chi connectivity index (χ1n) is 10.1. The molecule has 0 spiro atoms. The van der Waals surface area contributed by atoms with Crippen molar-refractivity contribution < 1.29 is 27.6 Å². The minimum atomic E-state index is -1.52. The van der Waals surface area contributed by atoms with Crippen LogP contribution < -0.4 is 11.1 Å². The number of alkyl halides is 2. The standard InChI is InChI=1S/C22H21ClF3N5O3/c23-16-6-3-4-13(20(16)26)10-28-18(32)11-30(14(8-24)9-25)19(33)12-31-17-7-2-1-5-15(17)21(29-31)22(27)34/h1-7,14H,8-12H2,(H2,27,34)(H,28,32). The summed E-state index contributed by atoms with van der Waals surface area (Å²) in [5.41, 5.74) is 5.79. The molecular formula is C22H21ClF3N5O3. The Hall–Kier alpha value is -3.60. The van der Waals surface area contributed by atoms with Crippen molar-refractivity contribution in [3.05, 3.63) is 64.6 Å². The molecule has 34 heavy (non-hydrogen) atoms. The zero-order valence-corrected chi connectivity index (χ0v) is 18.6. The molecule has 8 nitrogen and oxygen atoms in total. The molecule has 3 aromatic rings. The highest BCUT2D eigenvalue weighted by molar-refractivity contribution is 6.30. The van der Waals surface area contributed by atoms with Gasteiger partial charge in [0, 0.05) is 17.5 Å². The van der Waals surface area contributed by atoms with Crippen molar-refractivity contribution in [3.63, 3.8) is 0 Å². The maximum absolute atomic E-state index is 14.0. The summed E-state index contributed by atoms with van der Waals surface area (Å²) in [4.78, 5) is 37.8. The quantitative estimate of drug-likeness (QED) is 0.450. The van der Waals surface area contributed by atoms with Crippen LogP contribution in [0.5, 0.6) is 0 Å². The zero-order valence-electron chi connectivity index (χ0n) is 17.8. The van der Waals surface area contributed by atoms with Gasteiger partial charge >= 0.3 is 0 Å². The number of para-hydroxylation sites is 1. The summed E-state index contributed by atoms with van der Waals surface area (Å²) in [6.07, 6.45) is 0. The summed E-state index contributed by atoms with van der Waals surface area (Å²) < 4.78 is 42.1. The van der Waals surface area contributed by atoms with Gasteiger partial charge in [0.05, 0.1) is 16.6 Å². The predicted octanol–water partition coefficient (Wildman–Crippen LogP) is 2.38. The minimum absolute atomic E-state index is 0.0659. The van der Waals surface area contributed by atoms with Gasteiger partial charge in [-0.15, -0.1) is 0 Å². The number of amides is 3. The third-order valence-electron chi connectivity index (χ3n) is 5.12. The molecule has 0 fully saturated rings. The number of aromatic nitrogens is 2. The molecule has 180 valence electrons. The van der Waals surface area contributed by atoms with Crippen LogP contribution in [0.1, 0.15) is 16.1 Å². The Bertz CT molecular complexity index is 1220. The second kappa shape index (κ2) is 11.0. The Balaban J connectivity index is 1.78. The molecule has 0 radical (unpaired) electrons. The molecule has 0 aliphatic carbocycles. The van der Waals surface area contributed by atoms with Crippen LogP contribution >= 0.6 is 11.6 Å². The van der Waals surface area contributed by atoms with Crippen LogP contribution in [-0.4, -0.2) is 58.3 Å². The van der Waals surface area contributed by atoms with Gasteiger partial charge < -0.3 is 16.0 Å². The molecule has 1 aromatic heterocycles. The molecule has 0 atom stereocenters. The largest absolute Gasteiger partial charge is 0.364 e. The normalized spacial score (nSPS) is 11.1. The van der Waals surface area contributed by atoms with Crippen molar-refractivity contribution in [1.82, 2.24) is 20.0 Å². The molecular weight excluding hydrogens is 475 g/mol. The van der Waals surface area contributed by atoms with E-state index < -0.39 is 56.0 Å². The average molecular weight is 496 g/mol. The molecule has 1 heterocycles. The van der Waals surface area contributed by atoms with Gasteiger partial charge in [0.25, 0.3) is 5.91 Å². The SMILES string of the molecule is NC(=O)c1nn(CC(=O)N(CC(=O)NCc2cccc(Cl)c2F)C(CF)CF)c2ccccc12. The average Bonchev–Trinajstić information content (AvgIpc) is 3.19. The van der Waals surface area contributed by atoms with Gasteiger partial charge in [-0.3, -0.25) is 19.1 Å². The third kappa shape index (κ3) is 5.48. The van der Waals surface area contributed by atoms with Gasteiger partial charge in [0.1, 0.15) is 32.3 Å². The first kappa shape index (κ1) is 25.0. The number of rotatable bonds is 10. The summed E-state index contributed by atoms with van der Waals surface area (Å²) in [6.45, 7) is -3.88. The summed E-state index contributed by atoms with van der Waals surface area (Å²) in [7, 11) is 0. The Morgan fingerprint density at radius 1 is 1.12 bits per heavy atom. The number of fused-ring (bicyclic) bond motifs is 1. The topological polar surface area (TPSA) is 110 Å². The monoisotopic (exact) mass is 495 g/mol. The predicted molar refractivity (Wildman–Crippen MR) is 119 cm³/mol. The van der Waals surface area contributed by atoms with E-state index >= 15 is 0 Å². The molecule has 3 N–H and O–H groups in total. The number of benzene rings is 2. The number of carbonyl (C=O) groups excluding carboxylic acids is 3. The number of hydrogen-bond donors (Lipinski definition) is 2. The highest BCUT2D eigenvalue weighted by Crippen LogP contribution is 2.19. The van der Waals surface area contributed by atoms with E-state index in [1.807, 2.05) is 0 Å². The van der Waals surface area contributed by atoms with E-state index in [4.69, 9.17) is 17.3 Å². The van der Waals surface area contributed by atoms with Gasteiger partial charge in [-0.1, -0.05) is 41.9 Å². The summed E-state index contributed by atoms with van der Waals surface area (Å²) in [6, 6.07) is 9.24. The second-order valence-corrected chi connectivity index (χ2v) is 7.77.